The van der Waals surface area contributed by atoms with Crippen LogP contribution in [-0.2, 0) is 17.7 Å². The first-order chi connectivity index (χ1) is 12.1. The SMILES string of the molecule is CCOC[C@@]1(CCc2ccc(F)s2)CCN(Cc2ccc(C)nc2)C1. The van der Waals surface area contributed by atoms with Crippen LogP contribution in [0.15, 0.2) is 30.5 Å². The number of aryl methyl sites for hydroxylation is 2. The van der Waals surface area contributed by atoms with Gasteiger partial charge in [0.15, 0.2) is 5.13 Å². The quantitative estimate of drug-likeness (QED) is 0.694. The molecule has 1 aliphatic rings. The number of pyridine rings is 1. The van der Waals surface area contributed by atoms with E-state index in [9.17, 15) is 4.39 Å². The van der Waals surface area contributed by atoms with Gasteiger partial charge in [0.25, 0.3) is 0 Å². The molecule has 136 valence electrons. The Morgan fingerprint density at radius 2 is 2.20 bits per heavy atom. The molecule has 1 aliphatic heterocycles. The number of hydrogen-bond acceptors (Lipinski definition) is 4. The zero-order valence-corrected chi connectivity index (χ0v) is 15.9. The van der Waals surface area contributed by atoms with Crippen molar-refractivity contribution in [1.29, 1.82) is 0 Å². The number of hydrogen-bond donors (Lipinski definition) is 0. The van der Waals surface area contributed by atoms with Crippen LogP contribution in [0.25, 0.3) is 0 Å². The van der Waals surface area contributed by atoms with Crippen molar-refractivity contribution in [3.05, 3.63) is 51.7 Å². The molecule has 3 nitrogen and oxygen atoms in total. The third-order valence-corrected chi connectivity index (χ3v) is 5.97. The topological polar surface area (TPSA) is 25.4 Å². The monoisotopic (exact) mass is 362 g/mol. The van der Waals surface area contributed by atoms with E-state index in [2.05, 4.69) is 22.0 Å². The van der Waals surface area contributed by atoms with E-state index in [0.29, 0.717) is 0 Å². The lowest BCUT2D eigenvalue weighted by molar-refractivity contribution is 0.0490. The van der Waals surface area contributed by atoms with Crippen molar-refractivity contribution in [3.63, 3.8) is 0 Å². The minimum Gasteiger partial charge on any atom is -0.381 e. The lowest BCUT2D eigenvalue weighted by atomic mass is 9.83. The van der Waals surface area contributed by atoms with E-state index in [1.165, 1.54) is 16.9 Å². The maximum atomic E-state index is 13.2. The molecule has 0 saturated carbocycles. The highest BCUT2D eigenvalue weighted by molar-refractivity contribution is 7.10. The van der Waals surface area contributed by atoms with Gasteiger partial charge in [-0.05, 0) is 63.4 Å². The Morgan fingerprint density at radius 3 is 2.88 bits per heavy atom. The van der Waals surface area contributed by atoms with Crippen molar-refractivity contribution in [2.75, 3.05) is 26.3 Å². The van der Waals surface area contributed by atoms with Gasteiger partial charge in [-0.1, -0.05) is 6.07 Å². The minimum absolute atomic E-state index is 0.0891. The molecule has 0 amide bonds. The van der Waals surface area contributed by atoms with Crippen molar-refractivity contribution in [2.45, 2.75) is 39.7 Å². The first-order valence-corrected chi connectivity index (χ1v) is 9.86. The highest BCUT2D eigenvalue weighted by atomic mass is 32.1. The first-order valence-electron chi connectivity index (χ1n) is 9.04. The Bertz CT molecular complexity index is 673. The highest BCUT2D eigenvalue weighted by Crippen LogP contribution is 2.37. The maximum Gasteiger partial charge on any atom is 0.176 e. The van der Waals surface area contributed by atoms with Crippen LogP contribution in [0.2, 0.25) is 0 Å². The van der Waals surface area contributed by atoms with Crippen LogP contribution in [0, 0.1) is 17.5 Å². The average molecular weight is 363 g/mol. The molecule has 0 radical (unpaired) electrons. The summed E-state index contributed by atoms with van der Waals surface area (Å²) in [6.07, 6.45) is 5.10. The normalized spacial score (nSPS) is 21.1. The van der Waals surface area contributed by atoms with Gasteiger partial charge in [-0.15, -0.1) is 11.3 Å². The van der Waals surface area contributed by atoms with E-state index in [4.69, 9.17) is 4.74 Å². The van der Waals surface area contributed by atoms with E-state index in [1.54, 1.807) is 6.07 Å². The zero-order chi connectivity index (χ0) is 17.7. The molecule has 1 atom stereocenters. The summed E-state index contributed by atoms with van der Waals surface area (Å²) in [5.41, 5.74) is 2.49. The number of likely N-dealkylation sites (tertiary alicyclic amines) is 1. The van der Waals surface area contributed by atoms with Gasteiger partial charge in [-0.3, -0.25) is 9.88 Å². The molecule has 1 fully saturated rings. The van der Waals surface area contributed by atoms with Crippen molar-refractivity contribution in [1.82, 2.24) is 9.88 Å². The number of rotatable bonds is 8. The molecule has 0 aliphatic carbocycles. The third-order valence-electron chi connectivity index (χ3n) is 5.04. The molecule has 2 aromatic heterocycles. The molecule has 0 spiro atoms. The van der Waals surface area contributed by atoms with Crippen molar-refractivity contribution < 1.29 is 9.13 Å². The Hall–Kier alpha value is -1.30. The summed E-state index contributed by atoms with van der Waals surface area (Å²) < 4.78 is 19.1. The zero-order valence-electron chi connectivity index (χ0n) is 15.1. The van der Waals surface area contributed by atoms with Crippen LogP contribution in [0.4, 0.5) is 4.39 Å². The van der Waals surface area contributed by atoms with Gasteiger partial charge in [0.2, 0.25) is 0 Å². The molecule has 0 aromatic carbocycles. The third kappa shape index (κ3) is 5.09. The van der Waals surface area contributed by atoms with Gasteiger partial charge < -0.3 is 4.74 Å². The summed E-state index contributed by atoms with van der Waals surface area (Å²) in [4.78, 5) is 8.03. The fourth-order valence-electron chi connectivity index (χ4n) is 3.60. The van der Waals surface area contributed by atoms with Crippen LogP contribution >= 0.6 is 11.3 Å². The molecule has 5 heteroatoms. The molecule has 1 saturated heterocycles. The van der Waals surface area contributed by atoms with Crippen LogP contribution in [0.1, 0.15) is 35.9 Å². The number of aromatic nitrogens is 1. The van der Waals surface area contributed by atoms with E-state index in [-0.39, 0.29) is 10.5 Å². The van der Waals surface area contributed by atoms with E-state index in [0.717, 1.165) is 62.7 Å². The molecule has 3 heterocycles. The fourth-order valence-corrected chi connectivity index (χ4v) is 4.33. The van der Waals surface area contributed by atoms with Gasteiger partial charge in [0.1, 0.15) is 0 Å². The molecule has 0 bridgehead atoms. The first kappa shape index (κ1) is 18.5. The summed E-state index contributed by atoms with van der Waals surface area (Å²) in [6.45, 7) is 8.66. The maximum absolute atomic E-state index is 13.2. The summed E-state index contributed by atoms with van der Waals surface area (Å²) >= 11 is 1.27. The number of nitrogens with zero attached hydrogens (tertiary/aromatic N) is 2. The second-order valence-electron chi connectivity index (χ2n) is 7.11. The fraction of sp³-hybridized carbons (Fsp3) is 0.550. The number of halogens is 1. The Labute approximate surface area is 153 Å². The number of thiophene rings is 1. The molecule has 0 N–H and O–H groups in total. The van der Waals surface area contributed by atoms with Crippen LogP contribution in [0.3, 0.4) is 0 Å². The highest BCUT2D eigenvalue weighted by Gasteiger charge is 2.38. The Morgan fingerprint density at radius 1 is 1.32 bits per heavy atom. The summed E-state index contributed by atoms with van der Waals surface area (Å²) in [6, 6.07) is 7.73. The summed E-state index contributed by atoms with van der Waals surface area (Å²) in [5, 5.41) is -0.0891. The average Bonchev–Trinajstić information content (AvgIpc) is 3.20. The van der Waals surface area contributed by atoms with E-state index >= 15 is 0 Å². The smallest absolute Gasteiger partial charge is 0.176 e. The number of ether oxygens (including phenoxy) is 1. The molecule has 0 unspecified atom stereocenters. The van der Waals surface area contributed by atoms with Gasteiger partial charge in [-0.25, -0.2) is 0 Å². The second-order valence-corrected chi connectivity index (χ2v) is 8.23. The summed E-state index contributed by atoms with van der Waals surface area (Å²) in [7, 11) is 0. The Balaban J connectivity index is 1.61. The Kier molecular flexibility index (Phi) is 6.20. The van der Waals surface area contributed by atoms with Crippen LogP contribution in [0.5, 0.6) is 0 Å². The van der Waals surface area contributed by atoms with Gasteiger partial charge >= 0.3 is 0 Å². The van der Waals surface area contributed by atoms with Gasteiger partial charge in [0, 0.05) is 41.9 Å². The lowest BCUT2D eigenvalue weighted by Gasteiger charge is -2.29. The van der Waals surface area contributed by atoms with Gasteiger partial charge in [0.05, 0.1) is 6.61 Å². The largest absolute Gasteiger partial charge is 0.381 e. The van der Waals surface area contributed by atoms with Crippen molar-refractivity contribution in [2.24, 2.45) is 5.41 Å². The molecular formula is C20H27FN2OS. The molecular weight excluding hydrogens is 335 g/mol. The molecule has 25 heavy (non-hydrogen) atoms. The minimum atomic E-state index is -0.0891. The standard InChI is InChI=1S/C20H27FN2OS/c1-3-24-15-20(9-8-18-6-7-19(21)25-18)10-11-23(14-20)13-17-5-4-16(2)22-12-17/h4-7,12H,3,8-11,13-15H2,1-2H3/t20-/m0/s1. The van der Waals surface area contributed by atoms with Crippen LogP contribution < -0.4 is 0 Å². The van der Waals surface area contributed by atoms with E-state index in [1.807, 2.05) is 26.1 Å². The van der Waals surface area contributed by atoms with E-state index < -0.39 is 0 Å². The predicted molar refractivity (Wildman–Crippen MR) is 100 cm³/mol. The van der Waals surface area contributed by atoms with Crippen molar-refractivity contribution >= 4 is 11.3 Å². The molecule has 3 rings (SSSR count). The van der Waals surface area contributed by atoms with Crippen LogP contribution in [-0.4, -0.2) is 36.2 Å². The second kappa shape index (κ2) is 8.39. The summed E-state index contributed by atoms with van der Waals surface area (Å²) in [5.74, 6) is 0. The van der Waals surface area contributed by atoms with Crippen molar-refractivity contribution in [3.8, 4) is 0 Å². The predicted octanol–water partition coefficient (Wildman–Crippen LogP) is 4.45. The lowest BCUT2D eigenvalue weighted by Crippen LogP contribution is -2.32. The molecule has 2 aromatic rings. The van der Waals surface area contributed by atoms with Gasteiger partial charge in [-0.2, -0.15) is 4.39 Å².